The van der Waals surface area contributed by atoms with E-state index in [-0.39, 0.29) is 11.9 Å². The van der Waals surface area contributed by atoms with Crippen LogP contribution in [-0.2, 0) is 11.3 Å². The summed E-state index contributed by atoms with van der Waals surface area (Å²) in [5.41, 5.74) is 3.86. The van der Waals surface area contributed by atoms with Crippen molar-refractivity contribution in [2.45, 2.75) is 53.1 Å². The van der Waals surface area contributed by atoms with Gasteiger partial charge in [0, 0.05) is 31.2 Å². The van der Waals surface area contributed by atoms with Gasteiger partial charge in [-0.3, -0.25) is 9.48 Å². The van der Waals surface area contributed by atoms with Crippen molar-refractivity contribution in [1.29, 1.82) is 0 Å². The van der Waals surface area contributed by atoms with Crippen molar-refractivity contribution in [1.82, 2.24) is 24.6 Å². The van der Waals surface area contributed by atoms with Gasteiger partial charge < -0.3 is 14.5 Å². The molecule has 1 aliphatic heterocycles. The third-order valence-electron chi connectivity index (χ3n) is 6.08. The molecule has 8 nitrogen and oxygen atoms in total. The van der Waals surface area contributed by atoms with Gasteiger partial charge in [0.1, 0.15) is 11.8 Å². The summed E-state index contributed by atoms with van der Waals surface area (Å²) in [6.45, 7) is 10.7. The van der Waals surface area contributed by atoms with E-state index in [9.17, 15) is 4.79 Å². The van der Waals surface area contributed by atoms with Crippen molar-refractivity contribution in [3.8, 4) is 5.75 Å². The van der Waals surface area contributed by atoms with E-state index in [4.69, 9.17) is 14.7 Å². The Morgan fingerprint density at radius 3 is 2.75 bits per heavy atom. The first kappa shape index (κ1) is 22.0. The molecule has 0 aliphatic carbocycles. The number of aromatic nitrogens is 4. The van der Waals surface area contributed by atoms with Crippen molar-refractivity contribution >= 4 is 22.8 Å². The van der Waals surface area contributed by atoms with Crippen LogP contribution in [0.15, 0.2) is 24.3 Å². The standard InChI is InChI=1S/C24H32N6O2/c1-6-32-19-9-10-21-20(15-19)18(4)25-24(26-21)29-11-7-8-22(29)23(31)28(5)12-13-30-17(3)14-16(2)27-30/h9-10,14-15,22H,6-8,11-13H2,1-5H3. The van der Waals surface area contributed by atoms with E-state index in [1.165, 1.54) is 0 Å². The van der Waals surface area contributed by atoms with Crippen LogP contribution in [-0.4, -0.2) is 63.3 Å². The quantitative estimate of drug-likeness (QED) is 0.566. The number of benzene rings is 1. The third kappa shape index (κ3) is 4.40. The SMILES string of the molecule is CCOc1ccc2nc(N3CCCC3C(=O)N(C)CCn3nc(C)cc3C)nc(C)c2c1. The maximum Gasteiger partial charge on any atom is 0.245 e. The van der Waals surface area contributed by atoms with Crippen LogP contribution >= 0.6 is 0 Å². The highest BCUT2D eigenvalue weighted by atomic mass is 16.5. The van der Waals surface area contributed by atoms with Crippen molar-refractivity contribution in [3.05, 3.63) is 41.3 Å². The minimum atomic E-state index is -0.236. The molecule has 0 N–H and O–H groups in total. The molecule has 3 heterocycles. The fourth-order valence-electron chi connectivity index (χ4n) is 4.40. The normalized spacial score (nSPS) is 16.0. The minimum absolute atomic E-state index is 0.108. The minimum Gasteiger partial charge on any atom is -0.494 e. The van der Waals surface area contributed by atoms with Gasteiger partial charge in [-0.05, 0) is 64.8 Å². The first-order valence-corrected chi connectivity index (χ1v) is 11.3. The highest BCUT2D eigenvalue weighted by molar-refractivity contribution is 5.87. The van der Waals surface area contributed by atoms with Crippen molar-refractivity contribution in [2.75, 3.05) is 31.6 Å². The Labute approximate surface area is 189 Å². The molecule has 3 aromatic rings. The molecule has 0 saturated carbocycles. The number of hydrogen-bond acceptors (Lipinski definition) is 6. The van der Waals surface area contributed by atoms with E-state index in [1.54, 1.807) is 0 Å². The average molecular weight is 437 g/mol. The van der Waals surface area contributed by atoms with Gasteiger partial charge in [-0.25, -0.2) is 9.97 Å². The molecule has 32 heavy (non-hydrogen) atoms. The molecule has 0 spiro atoms. The lowest BCUT2D eigenvalue weighted by Crippen LogP contribution is -2.45. The number of ether oxygens (including phenoxy) is 1. The Bertz CT molecular complexity index is 1130. The molecule has 8 heteroatoms. The number of rotatable bonds is 7. The van der Waals surface area contributed by atoms with E-state index >= 15 is 0 Å². The molecule has 1 fully saturated rings. The van der Waals surface area contributed by atoms with Crippen molar-refractivity contribution in [3.63, 3.8) is 0 Å². The Hall–Kier alpha value is -3.16. The monoisotopic (exact) mass is 436 g/mol. The van der Waals surface area contributed by atoms with Crippen LogP contribution in [0, 0.1) is 20.8 Å². The average Bonchev–Trinajstić information content (AvgIpc) is 3.38. The van der Waals surface area contributed by atoms with Gasteiger partial charge in [-0.1, -0.05) is 0 Å². The Balaban J connectivity index is 1.51. The zero-order valence-electron chi connectivity index (χ0n) is 19.6. The lowest BCUT2D eigenvalue weighted by atomic mass is 10.2. The Morgan fingerprint density at radius 2 is 2.03 bits per heavy atom. The van der Waals surface area contributed by atoms with E-state index in [2.05, 4.69) is 16.1 Å². The second kappa shape index (κ2) is 9.14. The molecule has 2 aromatic heterocycles. The molecule has 1 aliphatic rings. The second-order valence-electron chi connectivity index (χ2n) is 8.48. The van der Waals surface area contributed by atoms with Gasteiger partial charge in [0.2, 0.25) is 11.9 Å². The van der Waals surface area contributed by atoms with Crippen molar-refractivity contribution < 1.29 is 9.53 Å². The number of carbonyl (C=O) groups is 1. The lowest BCUT2D eigenvalue weighted by molar-refractivity contribution is -0.131. The summed E-state index contributed by atoms with van der Waals surface area (Å²) in [4.78, 5) is 26.7. The highest BCUT2D eigenvalue weighted by Gasteiger charge is 2.34. The number of fused-ring (bicyclic) bond motifs is 1. The molecular weight excluding hydrogens is 404 g/mol. The third-order valence-corrected chi connectivity index (χ3v) is 6.08. The highest BCUT2D eigenvalue weighted by Crippen LogP contribution is 2.28. The van der Waals surface area contributed by atoms with Gasteiger partial charge in [-0.15, -0.1) is 0 Å². The molecule has 170 valence electrons. The maximum absolute atomic E-state index is 13.3. The Morgan fingerprint density at radius 1 is 1.22 bits per heavy atom. The first-order valence-electron chi connectivity index (χ1n) is 11.3. The fourth-order valence-corrected chi connectivity index (χ4v) is 4.40. The second-order valence-corrected chi connectivity index (χ2v) is 8.48. The summed E-state index contributed by atoms with van der Waals surface area (Å²) in [7, 11) is 1.87. The van der Waals surface area contributed by atoms with Crippen LogP contribution in [0.2, 0.25) is 0 Å². The number of likely N-dealkylation sites (N-methyl/N-ethyl adjacent to an activating group) is 1. The number of aryl methyl sites for hydroxylation is 3. The van der Waals surface area contributed by atoms with Gasteiger partial charge in [0.25, 0.3) is 0 Å². The molecule has 1 amide bonds. The number of anilines is 1. The molecule has 0 bridgehead atoms. The van der Waals surface area contributed by atoms with Crippen LogP contribution in [0.5, 0.6) is 5.75 Å². The number of nitrogens with zero attached hydrogens (tertiary/aromatic N) is 6. The summed E-state index contributed by atoms with van der Waals surface area (Å²) >= 11 is 0. The summed E-state index contributed by atoms with van der Waals surface area (Å²) in [6.07, 6.45) is 1.76. The maximum atomic E-state index is 13.3. The van der Waals surface area contributed by atoms with Crippen LogP contribution in [0.25, 0.3) is 10.9 Å². The molecular formula is C24H32N6O2. The topological polar surface area (TPSA) is 76.4 Å². The predicted octanol–water partition coefficient (Wildman–Crippen LogP) is 3.28. The molecule has 4 rings (SSSR count). The largest absolute Gasteiger partial charge is 0.494 e. The zero-order chi connectivity index (χ0) is 22.8. The first-order chi connectivity index (χ1) is 15.4. The van der Waals surface area contributed by atoms with E-state index in [0.717, 1.165) is 53.1 Å². The Kier molecular flexibility index (Phi) is 6.30. The molecule has 1 atom stereocenters. The number of amides is 1. The number of carbonyl (C=O) groups excluding carboxylic acids is 1. The molecule has 1 unspecified atom stereocenters. The molecule has 1 aromatic carbocycles. The molecule has 0 radical (unpaired) electrons. The molecule has 1 saturated heterocycles. The van der Waals surface area contributed by atoms with Gasteiger partial charge >= 0.3 is 0 Å². The van der Waals surface area contributed by atoms with E-state index < -0.39 is 0 Å². The summed E-state index contributed by atoms with van der Waals surface area (Å²) in [5, 5.41) is 5.47. The zero-order valence-corrected chi connectivity index (χ0v) is 19.6. The number of hydrogen-bond donors (Lipinski definition) is 0. The van der Waals surface area contributed by atoms with E-state index in [1.807, 2.05) is 62.5 Å². The van der Waals surface area contributed by atoms with Gasteiger partial charge in [-0.2, -0.15) is 5.10 Å². The van der Waals surface area contributed by atoms with E-state index in [0.29, 0.717) is 25.6 Å². The van der Waals surface area contributed by atoms with Crippen LogP contribution < -0.4 is 9.64 Å². The lowest BCUT2D eigenvalue weighted by Gasteiger charge is -2.28. The summed E-state index contributed by atoms with van der Waals surface area (Å²) in [5.74, 6) is 1.55. The van der Waals surface area contributed by atoms with Crippen molar-refractivity contribution in [2.24, 2.45) is 0 Å². The predicted molar refractivity (Wildman–Crippen MR) is 125 cm³/mol. The van der Waals surface area contributed by atoms with Crippen LogP contribution in [0.4, 0.5) is 5.95 Å². The van der Waals surface area contributed by atoms with Gasteiger partial charge in [0.05, 0.1) is 30.1 Å². The summed E-state index contributed by atoms with van der Waals surface area (Å²) < 4.78 is 7.57. The van der Waals surface area contributed by atoms with Crippen LogP contribution in [0.3, 0.4) is 0 Å². The summed E-state index contributed by atoms with van der Waals surface area (Å²) in [6, 6.07) is 7.70. The van der Waals surface area contributed by atoms with Crippen LogP contribution in [0.1, 0.15) is 36.8 Å². The smallest absolute Gasteiger partial charge is 0.245 e. The fraction of sp³-hybridized carbons (Fsp3) is 0.500. The van der Waals surface area contributed by atoms with Gasteiger partial charge in [0.15, 0.2) is 0 Å².